The lowest BCUT2D eigenvalue weighted by molar-refractivity contribution is 0.262. The van der Waals surface area contributed by atoms with Crippen LogP contribution in [0, 0.1) is 5.82 Å². The molecule has 146 valence electrons. The van der Waals surface area contributed by atoms with E-state index in [0.29, 0.717) is 33.8 Å². The number of hydrogen-bond acceptors (Lipinski definition) is 6. The van der Waals surface area contributed by atoms with Crippen molar-refractivity contribution in [2.45, 2.75) is 0 Å². The van der Waals surface area contributed by atoms with Gasteiger partial charge in [-0.2, -0.15) is 0 Å². The number of benzene rings is 2. The van der Waals surface area contributed by atoms with Crippen molar-refractivity contribution in [2.24, 2.45) is 0 Å². The third-order valence-electron chi connectivity index (χ3n) is 3.79. The molecule has 3 rings (SSSR count). The van der Waals surface area contributed by atoms with Crippen molar-refractivity contribution < 1.29 is 23.4 Å². The van der Waals surface area contributed by atoms with E-state index in [-0.39, 0.29) is 5.82 Å². The van der Waals surface area contributed by atoms with Crippen LogP contribution in [0.3, 0.4) is 0 Å². The number of urea groups is 1. The third kappa shape index (κ3) is 4.32. The van der Waals surface area contributed by atoms with Gasteiger partial charge in [0.15, 0.2) is 16.6 Å². The first kappa shape index (κ1) is 19.4. The molecule has 1 heterocycles. The lowest BCUT2D eigenvalue weighted by Gasteiger charge is -2.13. The molecular weight excluding hydrogens is 385 g/mol. The summed E-state index contributed by atoms with van der Waals surface area (Å²) < 4.78 is 28.9. The summed E-state index contributed by atoms with van der Waals surface area (Å²) in [5.41, 5.74) is 1.86. The third-order valence-corrected chi connectivity index (χ3v) is 4.54. The molecule has 0 spiro atoms. The molecule has 0 saturated heterocycles. The number of anilines is 2. The van der Waals surface area contributed by atoms with Crippen molar-refractivity contribution in [2.75, 3.05) is 32.0 Å². The number of rotatable bonds is 6. The molecule has 2 amide bonds. The van der Waals surface area contributed by atoms with Crippen LogP contribution in [0.2, 0.25) is 0 Å². The highest BCUT2D eigenvalue weighted by molar-refractivity contribution is 7.14. The minimum atomic E-state index is -0.475. The molecule has 3 aromatic rings. The van der Waals surface area contributed by atoms with Crippen LogP contribution in [0.4, 0.5) is 20.0 Å². The first-order valence-corrected chi connectivity index (χ1v) is 9.01. The van der Waals surface area contributed by atoms with Gasteiger partial charge < -0.3 is 19.5 Å². The molecule has 9 heteroatoms. The van der Waals surface area contributed by atoms with E-state index in [1.807, 2.05) is 0 Å². The van der Waals surface area contributed by atoms with Crippen LogP contribution < -0.4 is 24.8 Å². The fourth-order valence-electron chi connectivity index (χ4n) is 2.49. The van der Waals surface area contributed by atoms with E-state index >= 15 is 0 Å². The number of halogens is 1. The molecule has 0 atom stereocenters. The van der Waals surface area contributed by atoms with Crippen LogP contribution in [-0.4, -0.2) is 32.3 Å². The normalized spacial score (nSPS) is 10.3. The van der Waals surface area contributed by atoms with E-state index in [4.69, 9.17) is 14.2 Å². The van der Waals surface area contributed by atoms with Crippen molar-refractivity contribution in [3.63, 3.8) is 0 Å². The number of aromatic nitrogens is 1. The molecular formula is C19H18FN3O4S. The fourth-order valence-corrected chi connectivity index (χ4v) is 3.20. The summed E-state index contributed by atoms with van der Waals surface area (Å²) in [6.07, 6.45) is 0. The summed E-state index contributed by atoms with van der Waals surface area (Å²) in [4.78, 5) is 16.5. The summed E-state index contributed by atoms with van der Waals surface area (Å²) >= 11 is 1.27. The van der Waals surface area contributed by atoms with E-state index in [1.165, 1.54) is 56.9 Å². The van der Waals surface area contributed by atoms with Crippen molar-refractivity contribution in [1.29, 1.82) is 0 Å². The Kier molecular flexibility index (Phi) is 5.95. The van der Waals surface area contributed by atoms with Gasteiger partial charge in [0, 0.05) is 16.6 Å². The Morgan fingerprint density at radius 1 is 1.00 bits per heavy atom. The van der Waals surface area contributed by atoms with Crippen molar-refractivity contribution >= 4 is 28.2 Å². The van der Waals surface area contributed by atoms with Gasteiger partial charge in [-0.15, -0.1) is 11.3 Å². The first-order valence-electron chi connectivity index (χ1n) is 8.13. The number of ether oxygens (including phenoxy) is 3. The Labute approximate surface area is 165 Å². The smallest absolute Gasteiger partial charge is 0.325 e. The number of nitrogens with zero attached hydrogens (tertiary/aromatic N) is 1. The molecule has 0 bridgehead atoms. The van der Waals surface area contributed by atoms with E-state index in [2.05, 4.69) is 15.6 Å². The summed E-state index contributed by atoms with van der Waals surface area (Å²) in [5.74, 6) is 1.13. The molecule has 0 aliphatic heterocycles. The Balaban J connectivity index is 1.76. The van der Waals surface area contributed by atoms with Gasteiger partial charge in [0.2, 0.25) is 5.75 Å². The van der Waals surface area contributed by atoms with Crippen molar-refractivity contribution in [3.8, 4) is 28.5 Å². The fraction of sp³-hybridized carbons (Fsp3) is 0.158. The molecule has 28 heavy (non-hydrogen) atoms. The second-order valence-electron chi connectivity index (χ2n) is 5.54. The number of nitrogens with one attached hydrogen (secondary N) is 2. The number of carbonyl (C=O) groups is 1. The predicted molar refractivity (Wildman–Crippen MR) is 106 cm³/mol. The van der Waals surface area contributed by atoms with Gasteiger partial charge in [0.1, 0.15) is 5.82 Å². The summed E-state index contributed by atoms with van der Waals surface area (Å²) in [7, 11) is 4.61. The molecule has 7 nitrogen and oxygen atoms in total. The topological polar surface area (TPSA) is 81.7 Å². The number of amides is 2. The quantitative estimate of drug-likeness (QED) is 0.628. The highest BCUT2D eigenvalue weighted by Gasteiger charge is 2.16. The largest absolute Gasteiger partial charge is 0.493 e. The minimum Gasteiger partial charge on any atom is -0.493 e. The highest BCUT2D eigenvalue weighted by atomic mass is 32.1. The van der Waals surface area contributed by atoms with Crippen LogP contribution in [0.1, 0.15) is 0 Å². The van der Waals surface area contributed by atoms with E-state index in [0.717, 1.165) is 5.56 Å². The lowest BCUT2D eigenvalue weighted by atomic mass is 10.1. The van der Waals surface area contributed by atoms with Crippen LogP contribution in [0.25, 0.3) is 11.3 Å². The van der Waals surface area contributed by atoms with Crippen molar-refractivity contribution in [1.82, 2.24) is 4.98 Å². The Morgan fingerprint density at radius 3 is 2.21 bits per heavy atom. The first-order chi connectivity index (χ1) is 13.5. The Morgan fingerprint density at radius 2 is 1.64 bits per heavy atom. The van der Waals surface area contributed by atoms with Crippen molar-refractivity contribution in [3.05, 3.63) is 47.6 Å². The maximum absolute atomic E-state index is 12.9. The zero-order valence-corrected chi connectivity index (χ0v) is 16.2. The SMILES string of the molecule is COc1cc(-c2csc(NC(=O)Nc3ccc(F)cc3)n2)cc(OC)c1OC. The number of methoxy groups -OCH3 is 3. The van der Waals surface area contributed by atoms with E-state index in [9.17, 15) is 9.18 Å². The van der Waals surface area contributed by atoms with Gasteiger partial charge in [-0.3, -0.25) is 5.32 Å². The monoisotopic (exact) mass is 403 g/mol. The predicted octanol–water partition coefficient (Wildman–Crippen LogP) is 4.62. The second kappa shape index (κ2) is 8.57. The van der Waals surface area contributed by atoms with Gasteiger partial charge in [0.25, 0.3) is 0 Å². The number of carbonyl (C=O) groups excluding carboxylic acids is 1. The maximum atomic E-state index is 12.9. The van der Waals surface area contributed by atoms with Crippen LogP contribution in [-0.2, 0) is 0 Å². The van der Waals surface area contributed by atoms with E-state index in [1.54, 1.807) is 17.5 Å². The van der Waals surface area contributed by atoms with Crippen LogP contribution in [0.5, 0.6) is 17.2 Å². The maximum Gasteiger partial charge on any atom is 0.325 e. The summed E-state index contributed by atoms with van der Waals surface area (Å²) in [5, 5.41) is 7.47. The molecule has 0 saturated carbocycles. The zero-order chi connectivity index (χ0) is 20.1. The van der Waals surface area contributed by atoms with Crippen LogP contribution >= 0.6 is 11.3 Å². The molecule has 2 N–H and O–H groups in total. The van der Waals surface area contributed by atoms with E-state index < -0.39 is 6.03 Å². The van der Waals surface area contributed by atoms with Gasteiger partial charge in [-0.05, 0) is 36.4 Å². The molecule has 0 aliphatic carbocycles. The average molecular weight is 403 g/mol. The zero-order valence-electron chi connectivity index (χ0n) is 15.4. The summed E-state index contributed by atoms with van der Waals surface area (Å²) in [6, 6.07) is 8.55. The molecule has 0 aliphatic rings. The van der Waals surface area contributed by atoms with Crippen LogP contribution in [0.15, 0.2) is 41.8 Å². The molecule has 0 unspecified atom stereocenters. The average Bonchev–Trinajstić information content (AvgIpc) is 3.16. The van der Waals surface area contributed by atoms with Gasteiger partial charge in [-0.25, -0.2) is 14.2 Å². The molecule has 1 aromatic heterocycles. The van der Waals surface area contributed by atoms with Gasteiger partial charge in [-0.1, -0.05) is 0 Å². The minimum absolute atomic E-state index is 0.374. The standard InChI is InChI=1S/C19H18FN3O4S/c1-25-15-8-11(9-16(26-2)17(15)27-3)14-10-28-19(22-14)23-18(24)21-13-6-4-12(20)5-7-13/h4-10H,1-3H3,(H2,21,22,23,24). The second-order valence-corrected chi connectivity index (χ2v) is 6.40. The molecule has 0 radical (unpaired) electrons. The molecule has 2 aromatic carbocycles. The molecule has 0 fully saturated rings. The number of thiazole rings is 1. The Bertz CT molecular complexity index is 951. The highest BCUT2D eigenvalue weighted by Crippen LogP contribution is 2.41. The Hall–Kier alpha value is -3.33. The van der Waals surface area contributed by atoms with Gasteiger partial charge in [0.05, 0.1) is 27.0 Å². The summed E-state index contributed by atoms with van der Waals surface area (Å²) in [6.45, 7) is 0. The van der Waals surface area contributed by atoms with Gasteiger partial charge >= 0.3 is 6.03 Å². The lowest BCUT2D eigenvalue weighted by Crippen LogP contribution is -2.19. The number of hydrogen-bond donors (Lipinski definition) is 2.